The van der Waals surface area contributed by atoms with E-state index in [1.807, 2.05) is 0 Å². The van der Waals surface area contributed by atoms with Crippen LogP contribution in [0, 0.1) is 11.8 Å². The molecule has 0 aromatic rings. The third-order valence-electron chi connectivity index (χ3n) is 6.18. The van der Waals surface area contributed by atoms with Crippen molar-refractivity contribution in [2.24, 2.45) is 11.8 Å². The zero-order chi connectivity index (χ0) is 16.3. The second-order valence-corrected chi connectivity index (χ2v) is 9.26. The zero-order valence-corrected chi connectivity index (χ0v) is 16.5. The Hall–Kier alpha value is 0.310. The molecule has 0 amide bonds. The van der Waals surface area contributed by atoms with E-state index in [0.29, 0.717) is 5.25 Å². The number of rotatable bonds is 3. The molecule has 1 nitrogen and oxygen atoms in total. The molecule has 0 aliphatic heterocycles. The van der Waals surface area contributed by atoms with Crippen LogP contribution in [0.1, 0.15) is 103 Å². The predicted octanol–water partition coefficient (Wildman–Crippen LogP) is 6.37. The van der Waals surface area contributed by atoms with Crippen LogP contribution in [0.4, 0.5) is 0 Å². The third kappa shape index (κ3) is 8.82. The third-order valence-corrected chi connectivity index (χ3v) is 6.69. The van der Waals surface area contributed by atoms with E-state index in [-0.39, 0.29) is 0 Å². The molecule has 0 aromatic carbocycles. The average molecular weight is 340 g/mol. The number of hydrogen-bond donors (Lipinski definition) is 2. The first-order valence-corrected chi connectivity index (χ1v) is 11.2. The summed E-state index contributed by atoms with van der Waals surface area (Å²) in [5.41, 5.74) is 0. The summed E-state index contributed by atoms with van der Waals surface area (Å²) in [6.45, 7) is 3.75. The van der Waals surface area contributed by atoms with E-state index in [1.165, 1.54) is 103 Å². The second kappa shape index (κ2) is 11.8. The van der Waals surface area contributed by atoms with Crippen molar-refractivity contribution in [2.75, 3.05) is 6.54 Å². The van der Waals surface area contributed by atoms with Crippen molar-refractivity contribution in [3.63, 3.8) is 0 Å². The summed E-state index contributed by atoms with van der Waals surface area (Å²) < 4.78 is 0. The Labute approximate surface area is 151 Å². The molecule has 2 rings (SSSR count). The first-order chi connectivity index (χ1) is 11.2. The summed E-state index contributed by atoms with van der Waals surface area (Å²) in [4.78, 5) is 0. The highest BCUT2D eigenvalue weighted by atomic mass is 32.1. The minimum atomic E-state index is 0.641. The van der Waals surface area contributed by atoms with Gasteiger partial charge in [0.05, 0.1) is 0 Å². The van der Waals surface area contributed by atoms with Crippen molar-refractivity contribution in [3.8, 4) is 0 Å². The molecule has 2 saturated carbocycles. The molecule has 136 valence electrons. The van der Waals surface area contributed by atoms with Gasteiger partial charge in [-0.3, -0.25) is 0 Å². The van der Waals surface area contributed by atoms with Gasteiger partial charge in [0.15, 0.2) is 0 Å². The van der Waals surface area contributed by atoms with Crippen molar-refractivity contribution in [1.29, 1.82) is 0 Å². The highest BCUT2D eigenvalue weighted by molar-refractivity contribution is 7.80. The molecule has 4 atom stereocenters. The van der Waals surface area contributed by atoms with Crippen molar-refractivity contribution in [3.05, 3.63) is 0 Å². The molecule has 0 spiro atoms. The van der Waals surface area contributed by atoms with Crippen molar-refractivity contribution < 1.29 is 0 Å². The molecule has 0 saturated heterocycles. The van der Waals surface area contributed by atoms with Crippen LogP contribution in [0.3, 0.4) is 0 Å². The van der Waals surface area contributed by atoms with Crippen LogP contribution in [-0.4, -0.2) is 17.8 Å². The molecule has 0 bridgehead atoms. The maximum Gasteiger partial charge on any atom is 0.00675 e. The lowest BCUT2D eigenvalue weighted by Crippen LogP contribution is -2.34. The van der Waals surface area contributed by atoms with Gasteiger partial charge in [0, 0.05) is 11.3 Å². The minimum Gasteiger partial charge on any atom is -0.314 e. The van der Waals surface area contributed by atoms with Gasteiger partial charge >= 0.3 is 0 Å². The molecule has 4 unspecified atom stereocenters. The fraction of sp³-hybridized carbons (Fsp3) is 1.00. The van der Waals surface area contributed by atoms with Crippen LogP contribution < -0.4 is 5.32 Å². The van der Waals surface area contributed by atoms with Gasteiger partial charge in [-0.05, 0) is 56.9 Å². The second-order valence-electron chi connectivity index (χ2n) is 8.53. The van der Waals surface area contributed by atoms with E-state index in [1.54, 1.807) is 0 Å². The number of thiol groups is 1. The molecule has 2 aliphatic rings. The Balaban J connectivity index is 1.75. The van der Waals surface area contributed by atoms with Gasteiger partial charge in [0.2, 0.25) is 0 Å². The monoisotopic (exact) mass is 339 g/mol. The minimum absolute atomic E-state index is 0.641. The maximum absolute atomic E-state index is 4.79. The van der Waals surface area contributed by atoms with Gasteiger partial charge in [-0.2, -0.15) is 12.6 Å². The summed E-state index contributed by atoms with van der Waals surface area (Å²) in [6, 6.07) is 0.755. The normalized spacial score (nSPS) is 35.7. The van der Waals surface area contributed by atoms with Crippen molar-refractivity contribution >= 4 is 12.6 Å². The fourth-order valence-corrected chi connectivity index (χ4v) is 4.95. The quantitative estimate of drug-likeness (QED) is 0.569. The van der Waals surface area contributed by atoms with E-state index in [9.17, 15) is 0 Å². The molecule has 2 aliphatic carbocycles. The van der Waals surface area contributed by atoms with Gasteiger partial charge < -0.3 is 5.32 Å². The Morgan fingerprint density at radius 1 is 0.739 bits per heavy atom. The topological polar surface area (TPSA) is 12.0 Å². The molecule has 2 heteroatoms. The predicted molar refractivity (Wildman–Crippen MR) is 106 cm³/mol. The van der Waals surface area contributed by atoms with Gasteiger partial charge in [-0.15, -0.1) is 0 Å². The Morgan fingerprint density at radius 3 is 2.17 bits per heavy atom. The summed E-state index contributed by atoms with van der Waals surface area (Å²) in [5.74, 6) is 1.86. The van der Waals surface area contributed by atoms with Crippen LogP contribution in [0.5, 0.6) is 0 Å². The highest BCUT2D eigenvalue weighted by Crippen LogP contribution is 2.26. The molecular formula is C21H41NS. The SMILES string of the molecule is CC1CCCCCCC(CNC2CCCCCCC(S)CC2)C1. The van der Waals surface area contributed by atoms with E-state index in [2.05, 4.69) is 12.2 Å². The summed E-state index contributed by atoms with van der Waals surface area (Å²) in [6.07, 6.45) is 21.3. The number of hydrogen-bond acceptors (Lipinski definition) is 2. The summed E-state index contributed by atoms with van der Waals surface area (Å²) >= 11 is 4.79. The van der Waals surface area contributed by atoms with Crippen LogP contribution in [0.25, 0.3) is 0 Å². The van der Waals surface area contributed by atoms with E-state index >= 15 is 0 Å². The molecule has 1 N–H and O–H groups in total. The first kappa shape index (κ1) is 19.6. The van der Waals surface area contributed by atoms with Gasteiger partial charge in [0.1, 0.15) is 0 Å². The van der Waals surface area contributed by atoms with Crippen LogP contribution in [0.15, 0.2) is 0 Å². The molecular weight excluding hydrogens is 298 g/mol. The Kier molecular flexibility index (Phi) is 10.1. The van der Waals surface area contributed by atoms with Gasteiger partial charge in [0.25, 0.3) is 0 Å². The average Bonchev–Trinajstić information content (AvgIpc) is 2.64. The van der Waals surface area contributed by atoms with Crippen LogP contribution in [-0.2, 0) is 0 Å². The standard InChI is InChI=1S/C21H41NS/c1-18-10-6-2-3-7-11-19(16-18)17-22-20-12-8-4-5-9-13-21(23)15-14-20/h18-23H,2-17H2,1H3. The van der Waals surface area contributed by atoms with Gasteiger partial charge in [-0.25, -0.2) is 0 Å². The summed E-state index contributed by atoms with van der Waals surface area (Å²) in [5, 5.41) is 4.62. The van der Waals surface area contributed by atoms with Crippen molar-refractivity contribution in [1.82, 2.24) is 5.32 Å². The maximum atomic E-state index is 4.79. The van der Waals surface area contributed by atoms with E-state index in [0.717, 1.165) is 17.9 Å². The molecule has 0 heterocycles. The van der Waals surface area contributed by atoms with Crippen molar-refractivity contribution in [2.45, 2.75) is 115 Å². The van der Waals surface area contributed by atoms with Gasteiger partial charge in [-0.1, -0.05) is 64.7 Å². The fourth-order valence-electron chi connectivity index (χ4n) is 4.61. The Bertz CT molecular complexity index is 294. The lowest BCUT2D eigenvalue weighted by Gasteiger charge is -2.26. The largest absolute Gasteiger partial charge is 0.314 e. The smallest absolute Gasteiger partial charge is 0.00675 e. The zero-order valence-electron chi connectivity index (χ0n) is 15.6. The first-order valence-electron chi connectivity index (χ1n) is 10.7. The molecule has 2 fully saturated rings. The molecule has 0 aromatic heterocycles. The van der Waals surface area contributed by atoms with Crippen LogP contribution >= 0.6 is 12.6 Å². The van der Waals surface area contributed by atoms with Crippen LogP contribution in [0.2, 0.25) is 0 Å². The lowest BCUT2D eigenvalue weighted by molar-refractivity contribution is 0.313. The van der Waals surface area contributed by atoms with E-state index in [4.69, 9.17) is 12.6 Å². The molecule has 0 radical (unpaired) electrons. The highest BCUT2D eigenvalue weighted by Gasteiger charge is 2.18. The number of nitrogens with one attached hydrogen (secondary N) is 1. The lowest BCUT2D eigenvalue weighted by atomic mass is 9.90. The Morgan fingerprint density at radius 2 is 1.39 bits per heavy atom. The van der Waals surface area contributed by atoms with E-state index < -0.39 is 0 Å². The molecule has 23 heavy (non-hydrogen) atoms. The summed E-state index contributed by atoms with van der Waals surface area (Å²) in [7, 11) is 0.